The van der Waals surface area contributed by atoms with E-state index in [0.717, 1.165) is 23.3 Å². The minimum Gasteiger partial charge on any atom is -0.342 e. The Hall–Kier alpha value is -1.35. The molecular formula is C13H19N3. The molecule has 0 aliphatic heterocycles. The smallest absolute Gasteiger partial charge is 0.111 e. The third-order valence-corrected chi connectivity index (χ3v) is 2.83. The third kappa shape index (κ3) is 2.25. The van der Waals surface area contributed by atoms with Crippen LogP contribution in [0.3, 0.4) is 0 Å². The van der Waals surface area contributed by atoms with Crippen molar-refractivity contribution in [2.75, 3.05) is 6.54 Å². The van der Waals surface area contributed by atoms with Crippen LogP contribution in [0.1, 0.15) is 32.0 Å². The van der Waals surface area contributed by atoms with E-state index in [1.54, 1.807) is 0 Å². The molecule has 0 spiro atoms. The fraction of sp³-hybridized carbons (Fsp3) is 0.462. The number of aromatic nitrogens is 2. The topological polar surface area (TPSA) is 54.7 Å². The standard InChI is InChI=1S/C13H19N3/c1-9(2)7-10(8-14)13-15-11-5-3-4-6-12(11)16-13/h3-6,9-10H,7-8,14H2,1-2H3,(H,15,16). The predicted octanol–water partition coefficient (Wildman–Crippen LogP) is 2.65. The van der Waals surface area contributed by atoms with Crippen molar-refractivity contribution < 1.29 is 0 Å². The summed E-state index contributed by atoms with van der Waals surface area (Å²) in [5.41, 5.74) is 7.94. The van der Waals surface area contributed by atoms with Gasteiger partial charge in [0.15, 0.2) is 0 Å². The van der Waals surface area contributed by atoms with E-state index < -0.39 is 0 Å². The summed E-state index contributed by atoms with van der Waals surface area (Å²) in [5, 5.41) is 0. The molecule has 0 fully saturated rings. The van der Waals surface area contributed by atoms with Gasteiger partial charge in [0.2, 0.25) is 0 Å². The summed E-state index contributed by atoms with van der Waals surface area (Å²) in [6.45, 7) is 5.08. The Labute approximate surface area is 96.1 Å². The second-order valence-electron chi connectivity index (χ2n) is 4.70. The molecule has 3 nitrogen and oxygen atoms in total. The predicted molar refractivity (Wildman–Crippen MR) is 67.3 cm³/mol. The van der Waals surface area contributed by atoms with Crippen molar-refractivity contribution in [3.8, 4) is 0 Å². The fourth-order valence-corrected chi connectivity index (χ4v) is 2.05. The summed E-state index contributed by atoms with van der Waals surface area (Å²) in [6.07, 6.45) is 1.08. The number of para-hydroxylation sites is 2. The number of rotatable bonds is 4. The Morgan fingerprint density at radius 1 is 1.31 bits per heavy atom. The van der Waals surface area contributed by atoms with E-state index in [0.29, 0.717) is 18.4 Å². The van der Waals surface area contributed by atoms with Crippen molar-refractivity contribution >= 4 is 11.0 Å². The lowest BCUT2D eigenvalue weighted by molar-refractivity contribution is 0.491. The van der Waals surface area contributed by atoms with Crippen LogP contribution in [0.4, 0.5) is 0 Å². The monoisotopic (exact) mass is 217 g/mol. The average molecular weight is 217 g/mol. The van der Waals surface area contributed by atoms with Crippen LogP contribution in [0.15, 0.2) is 24.3 Å². The number of nitrogens with zero attached hydrogens (tertiary/aromatic N) is 1. The highest BCUT2D eigenvalue weighted by Gasteiger charge is 2.15. The van der Waals surface area contributed by atoms with Gasteiger partial charge in [0.05, 0.1) is 11.0 Å². The molecule has 2 rings (SSSR count). The van der Waals surface area contributed by atoms with Gasteiger partial charge in [-0.05, 0) is 24.5 Å². The van der Waals surface area contributed by atoms with E-state index in [9.17, 15) is 0 Å². The molecule has 3 heteroatoms. The Morgan fingerprint density at radius 3 is 2.69 bits per heavy atom. The van der Waals surface area contributed by atoms with Crippen LogP contribution >= 0.6 is 0 Å². The normalized spacial score (nSPS) is 13.5. The molecule has 0 saturated carbocycles. The molecule has 1 unspecified atom stereocenters. The van der Waals surface area contributed by atoms with Crippen LogP contribution in [-0.2, 0) is 0 Å². The number of benzene rings is 1. The first-order valence-electron chi connectivity index (χ1n) is 5.85. The quantitative estimate of drug-likeness (QED) is 0.827. The Bertz CT molecular complexity index is 426. The van der Waals surface area contributed by atoms with Crippen LogP contribution in [0.25, 0.3) is 11.0 Å². The lowest BCUT2D eigenvalue weighted by Crippen LogP contribution is -2.15. The molecule has 1 atom stereocenters. The largest absolute Gasteiger partial charge is 0.342 e. The molecule has 0 bridgehead atoms. The highest BCUT2D eigenvalue weighted by Crippen LogP contribution is 2.22. The first kappa shape index (κ1) is 11.1. The number of nitrogens with two attached hydrogens (primary N) is 1. The molecule has 16 heavy (non-hydrogen) atoms. The maximum atomic E-state index is 5.81. The summed E-state index contributed by atoms with van der Waals surface area (Å²) in [7, 11) is 0. The number of hydrogen-bond donors (Lipinski definition) is 2. The molecule has 0 aliphatic rings. The average Bonchev–Trinajstić information content (AvgIpc) is 2.68. The molecule has 1 aromatic carbocycles. The van der Waals surface area contributed by atoms with E-state index >= 15 is 0 Å². The van der Waals surface area contributed by atoms with Crippen molar-refractivity contribution in [2.45, 2.75) is 26.2 Å². The van der Waals surface area contributed by atoms with Gasteiger partial charge in [-0.3, -0.25) is 0 Å². The fourth-order valence-electron chi connectivity index (χ4n) is 2.05. The minimum atomic E-state index is 0.340. The third-order valence-electron chi connectivity index (χ3n) is 2.83. The van der Waals surface area contributed by atoms with Crippen LogP contribution < -0.4 is 5.73 Å². The number of fused-ring (bicyclic) bond motifs is 1. The van der Waals surface area contributed by atoms with Crippen LogP contribution in [0, 0.1) is 5.92 Å². The Kier molecular flexibility index (Phi) is 3.25. The summed E-state index contributed by atoms with van der Waals surface area (Å²) >= 11 is 0. The van der Waals surface area contributed by atoms with E-state index in [2.05, 4.69) is 29.9 Å². The molecular weight excluding hydrogens is 198 g/mol. The van der Waals surface area contributed by atoms with Gasteiger partial charge in [0, 0.05) is 12.5 Å². The van der Waals surface area contributed by atoms with Crippen molar-refractivity contribution in [1.29, 1.82) is 0 Å². The zero-order valence-corrected chi connectivity index (χ0v) is 9.90. The summed E-state index contributed by atoms with van der Waals surface area (Å²) in [5.74, 6) is 2.01. The van der Waals surface area contributed by atoms with Crippen molar-refractivity contribution in [3.63, 3.8) is 0 Å². The molecule has 1 heterocycles. The van der Waals surface area contributed by atoms with Gasteiger partial charge in [0.1, 0.15) is 5.82 Å². The maximum Gasteiger partial charge on any atom is 0.111 e. The minimum absolute atomic E-state index is 0.340. The SMILES string of the molecule is CC(C)CC(CN)c1nc2ccccc2[nH]1. The zero-order chi connectivity index (χ0) is 11.5. The van der Waals surface area contributed by atoms with Crippen molar-refractivity contribution in [3.05, 3.63) is 30.1 Å². The van der Waals surface area contributed by atoms with Gasteiger partial charge in [-0.25, -0.2) is 4.98 Å². The van der Waals surface area contributed by atoms with Gasteiger partial charge in [0.25, 0.3) is 0 Å². The lowest BCUT2D eigenvalue weighted by atomic mass is 9.97. The lowest BCUT2D eigenvalue weighted by Gasteiger charge is -2.14. The molecule has 0 amide bonds. The second-order valence-corrected chi connectivity index (χ2v) is 4.70. The summed E-state index contributed by atoms with van der Waals surface area (Å²) in [4.78, 5) is 7.96. The first-order valence-corrected chi connectivity index (χ1v) is 5.85. The van der Waals surface area contributed by atoms with Gasteiger partial charge in [-0.1, -0.05) is 26.0 Å². The number of H-pyrrole nitrogens is 1. The van der Waals surface area contributed by atoms with Crippen LogP contribution in [-0.4, -0.2) is 16.5 Å². The number of imidazole rings is 1. The molecule has 3 N–H and O–H groups in total. The van der Waals surface area contributed by atoms with Crippen molar-refractivity contribution in [2.24, 2.45) is 11.7 Å². The van der Waals surface area contributed by atoms with E-state index in [-0.39, 0.29) is 0 Å². The van der Waals surface area contributed by atoms with Gasteiger partial charge < -0.3 is 10.7 Å². The molecule has 0 radical (unpaired) electrons. The molecule has 0 saturated heterocycles. The van der Waals surface area contributed by atoms with Crippen LogP contribution in [0.5, 0.6) is 0 Å². The number of nitrogens with one attached hydrogen (secondary N) is 1. The Morgan fingerprint density at radius 2 is 2.06 bits per heavy atom. The summed E-state index contributed by atoms with van der Waals surface area (Å²) in [6, 6.07) is 8.10. The highest BCUT2D eigenvalue weighted by molar-refractivity contribution is 5.74. The number of hydrogen-bond acceptors (Lipinski definition) is 2. The van der Waals surface area contributed by atoms with E-state index in [4.69, 9.17) is 5.73 Å². The molecule has 1 aromatic heterocycles. The summed E-state index contributed by atoms with van der Waals surface area (Å²) < 4.78 is 0. The van der Waals surface area contributed by atoms with Gasteiger partial charge >= 0.3 is 0 Å². The van der Waals surface area contributed by atoms with Crippen LogP contribution in [0.2, 0.25) is 0 Å². The zero-order valence-electron chi connectivity index (χ0n) is 9.90. The molecule has 0 aliphatic carbocycles. The van der Waals surface area contributed by atoms with E-state index in [1.165, 1.54) is 0 Å². The first-order chi connectivity index (χ1) is 7.70. The second kappa shape index (κ2) is 4.66. The number of aromatic amines is 1. The highest BCUT2D eigenvalue weighted by atomic mass is 14.9. The molecule has 86 valence electrons. The Balaban J connectivity index is 2.30. The molecule has 2 aromatic rings. The maximum absolute atomic E-state index is 5.81. The van der Waals surface area contributed by atoms with Crippen molar-refractivity contribution in [1.82, 2.24) is 9.97 Å². The van der Waals surface area contributed by atoms with Gasteiger partial charge in [-0.15, -0.1) is 0 Å². The van der Waals surface area contributed by atoms with Gasteiger partial charge in [-0.2, -0.15) is 0 Å². The van der Waals surface area contributed by atoms with E-state index in [1.807, 2.05) is 18.2 Å².